The molecular formula is C10H13F3O. The summed E-state index contributed by atoms with van der Waals surface area (Å²) in [6.45, 7) is 0. The first-order valence-electron chi connectivity index (χ1n) is 4.56. The fourth-order valence-corrected chi connectivity index (χ4v) is 1.49. The highest BCUT2D eigenvalue weighted by Gasteiger charge is 2.26. The minimum atomic E-state index is -4.30. The van der Waals surface area contributed by atoms with Crippen molar-refractivity contribution in [2.45, 2.75) is 31.9 Å². The summed E-state index contributed by atoms with van der Waals surface area (Å²) in [7, 11) is 1.27. The Morgan fingerprint density at radius 3 is 2.57 bits per heavy atom. The van der Waals surface area contributed by atoms with Gasteiger partial charge in [0.15, 0.2) is 0 Å². The van der Waals surface area contributed by atoms with Gasteiger partial charge in [-0.25, -0.2) is 0 Å². The molecule has 0 atom stereocenters. The average Bonchev–Trinajstić information content (AvgIpc) is 2.14. The van der Waals surface area contributed by atoms with Gasteiger partial charge in [0.1, 0.15) is 5.76 Å². The number of allylic oxidation sites excluding steroid dienone is 3. The molecule has 0 bridgehead atoms. The third kappa shape index (κ3) is 3.44. The zero-order valence-electron chi connectivity index (χ0n) is 8.03. The van der Waals surface area contributed by atoms with Crippen LogP contribution in [0.15, 0.2) is 23.5 Å². The second-order valence-corrected chi connectivity index (χ2v) is 3.23. The van der Waals surface area contributed by atoms with Crippen molar-refractivity contribution in [3.63, 3.8) is 0 Å². The molecule has 0 saturated carbocycles. The number of hydrogen-bond acceptors (Lipinski definition) is 1. The van der Waals surface area contributed by atoms with Gasteiger partial charge >= 0.3 is 6.18 Å². The predicted molar refractivity (Wildman–Crippen MR) is 47.7 cm³/mol. The average molecular weight is 206 g/mol. The van der Waals surface area contributed by atoms with Crippen LogP contribution < -0.4 is 0 Å². The normalized spacial score (nSPS) is 19.1. The van der Waals surface area contributed by atoms with E-state index < -0.39 is 6.18 Å². The maximum atomic E-state index is 12.1. The number of ether oxygens (including phenoxy) is 1. The predicted octanol–water partition coefficient (Wildman–Crippen LogP) is 3.58. The van der Waals surface area contributed by atoms with Gasteiger partial charge in [0.25, 0.3) is 0 Å². The van der Waals surface area contributed by atoms with Crippen LogP contribution in [0.2, 0.25) is 0 Å². The summed E-state index contributed by atoms with van der Waals surface area (Å²) >= 11 is 0. The summed E-state index contributed by atoms with van der Waals surface area (Å²) in [4.78, 5) is 0. The Bertz CT molecular complexity index is 251. The molecule has 0 aromatic carbocycles. The molecule has 1 aliphatic rings. The summed E-state index contributed by atoms with van der Waals surface area (Å²) in [5, 5.41) is 0. The van der Waals surface area contributed by atoms with E-state index in [4.69, 9.17) is 4.74 Å². The Balaban J connectivity index is 2.80. The van der Waals surface area contributed by atoms with E-state index in [9.17, 15) is 13.2 Å². The first-order valence-corrected chi connectivity index (χ1v) is 4.56. The second kappa shape index (κ2) is 4.53. The van der Waals surface area contributed by atoms with Crippen molar-refractivity contribution < 1.29 is 17.9 Å². The van der Waals surface area contributed by atoms with Crippen molar-refractivity contribution in [3.05, 3.63) is 23.5 Å². The van der Waals surface area contributed by atoms with E-state index in [1.807, 2.05) is 6.08 Å². The first-order chi connectivity index (χ1) is 6.53. The van der Waals surface area contributed by atoms with Crippen molar-refractivity contribution in [1.29, 1.82) is 0 Å². The highest BCUT2D eigenvalue weighted by molar-refractivity contribution is 5.28. The molecule has 0 saturated heterocycles. The molecule has 0 aromatic rings. The second-order valence-electron chi connectivity index (χ2n) is 3.23. The molecule has 0 N–H and O–H groups in total. The summed E-state index contributed by atoms with van der Waals surface area (Å²) in [5.41, 5.74) is 0.677. The fraction of sp³-hybridized carbons (Fsp3) is 0.600. The van der Waals surface area contributed by atoms with E-state index >= 15 is 0 Å². The van der Waals surface area contributed by atoms with E-state index in [0.29, 0.717) is 12.0 Å². The minimum Gasteiger partial charge on any atom is -0.496 e. The van der Waals surface area contributed by atoms with Crippen molar-refractivity contribution >= 4 is 0 Å². The molecule has 1 aliphatic carbocycles. The number of alkyl halides is 3. The Hall–Kier alpha value is -0.930. The molecule has 0 unspecified atom stereocenters. The molecule has 0 fully saturated rings. The summed E-state index contributed by atoms with van der Waals surface area (Å²) < 4.78 is 40.9. The van der Waals surface area contributed by atoms with E-state index in [0.717, 1.165) is 19.3 Å². The highest BCUT2D eigenvalue weighted by Crippen LogP contribution is 2.28. The van der Waals surface area contributed by atoms with E-state index in [-0.39, 0.29) is 11.8 Å². The maximum Gasteiger partial charge on any atom is 0.413 e. The Kier molecular flexibility index (Phi) is 3.61. The van der Waals surface area contributed by atoms with Gasteiger partial charge in [0.2, 0.25) is 0 Å². The van der Waals surface area contributed by atoms with Crippen LogP contribution >= 0.6 is 0 Å². The third-order valence-corrected chi connectivity index (χ3v) is 2.12. The number of hydrogen-bond donors (Lipinski definition) is 0. The van der Waals surface area contributed by atoms with Crippen molar-refractivity contribution in [3.8, 4) is 0 Å². The Morgan fingerprint density at radius 1 is 1.43 bits per heavy atom. The summed E-state index contributed by atoms with van der Waals surface area (Å²) in [6, 6.07) is 0. The molecule has 1 rings (SSSR count). The maximum absolute atomic E-state index is 12.1. The monoisotopic (exact) mass is 206 g/mol. The SMILES string of the molecule is CO/C(=C/C(F)(F)F)C1=CCCCC1. The quantitative estimate of drug-likeness (QED) is 0.627. The van der Waals surface area contributed by atoms with Crippen molar-refractivity contribution in [2.75, 3.05) is 7.11 Å². The van der Waals surface area contributed by atoms with Gasteiger partial charge in [-0.2, -0.15) is 13.2 Å². The van der Waals surface area contributed by atoms with Crippen LogP contribution in [0, 0.1) is 0 Å². The van der Waals surface area contributed by atoms with Crippen LogP contribution in [0.3, 0.4) is 0 Å². The topological polar surface area (TPSA) is 9.23 Å². The lowest BCUT2D eigenvalue weighted by molar-refractivity contribution is -0.0823. The molecule has 1 nitrogen and oxygen atoms in total. The molecule has 0 heterocycles. The summed E-state index contributed by atoms with van der Waals surface area (Å²) in [5.74, 6) is -0.0443. The number of rotatable bonds is 2. The van der Waals surface area contributed by atoms with Crippen LogP contribution in [0.5, 0.6) is 0 Å². The standard InChI is InChI=1S/C10H13F3O/c1-14-9(7-10(11,12)13)8-5-3-2-4-6-8/h5,7H,2-4,6H2,1H3/b9-7+. The summed E-state index contributed by atoms with van der Waals surface area (Å²) in [6.07, 6.45) is 1.25. The molecule has 80 valence electrons. The van der Waals surface area contributed by atoms with Crippen LogP contribution in [-0.4, -0.2) is 13.3 Å². The number of halogens is 3. The molecule has 0 aliphatic heterocycles. The fourth-order valence-electron chi connectivity index (χ4n) is 1.49. The highest BCUT2D eigenvalue weighted by atomic mass is 19.4. The van der Waals surface area contributed by atoms with E-state index in [2.05, 4.69) is 0 Å². The smallest absolute Gasteiger partial charge is 0.413 e. The van der Waals surface area contributed by atoms with Gasteiger partial charge in [0, 0.05) is 0 Å². The van der Waals surface area contributed by atoms with Gasteiger partial charge in [0.05, 0.1) is 13.2 Å². The first kappa shape index (κ1) is 11.1. The van der Waals surface area contributed by atoms with Crippen LogP contribution in [0.4, 0.5) is 13.2 Å². The van der Waals surface area contributed by atoms with E-state index in [1.54, 1.807) is 0 Å². The van der Waals surface area contributed by atoms with Gasteiger partial charge in [-0.15, -0.1) is 0 Å². The largest absolute Gasteiger partial charge is 0.496 e. The Morgan fingerprint density at radius 2 is 2.14 bits per heavy atom. The van der Waals surface area contributed by atoms with Crippen molar-refractivity contribution in [2.24, 2.45) is 0 Å². The molecule has 14 heavy (non-hydrogen) atoms. The van der Waals surface area contributed by atoms with Gasteiger partial charge < -0.3 is 4.74 Å². The third-order valence-electron chi connectivity index (χ3n) is 2.12. The molecular weight excluding hydrogens is 193 g/mol. The van der Waals surface area contributed by atoms with Gasteiger partial charge in [-0.1, -0.05) is 6.08 Å². The number of methoxy groups -OCH3 is 1. The molecule has 0 spiro atoms. The van der Waals surface area contributed by atoms with Crippen LogP contribution in [0.1, 0.15) is 25.7 Å². The lowest BCUT2D eigenvalue weighted by atomic mass is 9.98. The van der Waals surface area contributed by atoms with Gasteiger partial charge in [-0.3, -0.25) is 0 Å². The molecule has 0 aromatic heterocycles. The molecule has 4 heteroatoms. The zero-order chi connectivity index (χ0) is 10.6. The van der Waals surface area contributed by atoms with Crippen LogP contribution in [0.25, 0.3) is 0 Å². The van der Waals surface area contributed by atoms with E-state index in [1.165, 1.54) is 7.11 Å². The minimum absolute atomic E-state index is 0.0443. The molecule has 0 radical (unpaired) electrons. The zero-order valence-corrected chi connectivity index (χ0v) is 8.03. The van der Waals surface area contributed by atoms with Crippen LogP contribution in [-0.2, 0) is 4.74 Å². The Labute approximate surface area is 81.2 Å². The molecule has 0 amide bonds. The lowest BCUT2D eigenvalue weighted by Gasteiger charge is -2.15. The lowest BCUT2D eigenvalue weighted by Crippen LogP contribution is -2.07. The van der Waals surface area contributed by atoms with Crippen molar-refractivity contribution in [1.82, 2.24) is 0 Å². The van der Waals surface area contributed by atoms with Gasteiger partial charge in [-0.05, 0) is 31.3 Å².